The summed E-state index contributed by atoms with van der Waals surface area (Å²) < 4.78 is 6.02. The molecular weight excluding hydrogens is 418 g/mol. The summed E-state index contributed by atoms with van der Waals surface area (Å²) in [7, 11) is 0. The quantitative estimate of drug-likeness (QED) is 0.433. The van der Waals surface area contributed by atoms with Gasteiger partial charge in [0.2, 0.25) is 5.88 Å². The van der Waals surface area contributed by atoms with E-state index in [1.807, 2.05) is 37.3 Å². The first-order valence-corrected chi connectivity index (χ1v) is 11.1. The van der Waals surface area contributed by atoms with Crippen LogP contribution in [0.4, 0.5) is 17.4 Å². The number of aliphatic hydroxyl groups is 1. The lowest BCUT2D eigenvalue weighted by Gasteiger charge is -2.23. The van der Waals surface area contributed by atoms with Crippen LogP contribution in [-0.4, -0.2) is 33.8 Å². The Morgan fingerprint density at radius 2 is 2.15 bits per heavy atom. The lowest BCUT2D eigenvalue weighted by Crippen LogP contribution is -2.22. The fourth-order valence-corrected chi connectivity index (χ4v) is 4.18. The second-order valence-corrected chi connectivity index (χ2v) is 8.49. The van der Waals surface area contributed by atoms with Gasteiger partial charge in [0.25, 0.3) is 0 Å². The number of aliphatic hydroxyl groups excluding tert-OH is 1. The normalized spacial score (nSPS) is 16.1. The second-order valence-electron chi connectivity index (χ2n) is 8.49. The Morgan fingerprint density at radius 3 is 2.88 bits per heavy atom. The standard InChI is InChI=1S/C26H25N3O4/c1-15-12-16(9-11-30)7-8-20(15)29-26-22(23(31)17-4-2-5-17)24(32)21(33-26)13-18-14-28-25-19(18)6-3-10-27-25/h3,6-8,10,12-14,17,29-30,32H,2,4-5,9,11H2,1H3. The maximum atomic E-state index is 13.2. The van der Waals surface area contributed by atoms with Crippen LogP contribution in [0.25, 0.3) is 11.6 Å². The van der Waals surface area contributed by atoms with Gasteiger partial charge in [-0.05, 0) is 61.6 Å². The van der Waals surface area contributed by atoms with Crippen molar-refractivity contribution in [3.63, 3.8) is 0 Å². The van der Waals surface area contributed by atoms with E-state index in [1.54, 1.807) is 18.5 Å². The lowest BCUT2D eigenvalue weighted by molar-refractivity contribution is 0.0853. The number of furan rings is 1. The number of ketones is 1. The monoisotopic (exact) mass is 443 g/mol. The Kier molecular flexibility index (Phi) is 5.56. The molecule has 0 bridgehead atoms. The molecule has 2 aliphatic rings. The minimum absolute atomic E-state index is 0.0816. The highest BCUT2D eigenvalue weighted by molar-refractivity contribution is 6.21. The van der Waals surface area contributed by atoms with Crippen LogP contribution in [0.15, 0.2) is 45.9 Å². The van der Waals surface area contributed by atoms with E-state index in [1.165, 1.54) is 0 Å². The fraction of sp³-hybridized carbons (Fsp3) is 0.269. The molecule has 3 N–H and O–H groups in total. The molecule has 2 aromatic heterocycles. The summed E-state index contributed by atoms with van der Waals surface area (Å²) in [6.07, 6.45) is 8.26. The van der Waals surface area contributed by atoms with Crippen LogP contribution >= 0.6 is 0 Å². The zero-order valence-electron chi connectivity index (χ0n) is 18.3. The summed E-state index contributed by atoms with van der Waals surface area (Å²) >= 11 is 0. The summed E-state index contributed by atoms with van der Waals surface area (Å²) in [6, 6.07) is 9.52. The minimum Gasteiger partial charge on any atom is -0.504 e. The predicted octanol–water partition coefficient (Wildman–Crippen LogP) is 5.21. The highest BCUT2D eigenvalue weighted by atomic mass is 16.4. The molecule has 7 heteroatoms. The molecule has 1 fully saturated rings. The van der Waals surface area contributed by atoms with Crippen molar-refractivity contribution in [3.05, 3.63) is 64.5 Å². The van der Waals surface area contributed by atoms with Crippen LogP contribution in [0, 0.1) is 12.8 Å². The van der Waals surface area contributed by atoms with Gasteiger partial charge in [-0.3, -0.25) is 4.79 Å². The summed E-state index contributed by atoms with van der Waals surface area (Å²) in [4.78, 5) is 21.7. The van der Waals surface area contributed by atoms with E-state index in [9.17, 15) is 15.0 Å². The van der Waals surface area contributed by atoms with Gasteiger partial charge in [0.15, 0.2) is 23.1 Å². The fourth-order valence-electron chi connectivity index (χ4n) is 4.18. The number of carbonyl (C=O) groups is 1. The zero-order valence-corrected chi connectivity index (χ0v) is 18.3. The molecule has 0 atom stereocenters. The third-order valence-corrected chi connectivity index (χ3v) is 6.28. The van der Waals surface area contributed by atoms with E-state index < -0.39 is 0 Å². The highest BCUT2D eigenvalue weighted by Crippen LogP contribution is 2.42. The van der Waals surface area contributed by atoms with Crippen LogP contribution in [0.5, 0.6) is 5.75 Å². The van der Waals surface area contributed by atoms with Crippen molar-refractivity contribution in [2.75, 3.05) is 11.9 Å². The van der Waals surface area contributed by atoms with E-state index in [4.69, 9.17) is 4.42 Å². The Labute approximate surface area is 191 Å². The number of aromatic nitrogens is 1. The van der Waals surface area contributed by atoms with Crippen LogP contribution in [-0.2, 0) is 6.42 Å². The van der Waals surface area contributed by atoms with E-state index >= 15 is 0 Å². The molecule has 7 nitrogen and oxygen atoms in total. The molecule has 1 aromatic carbocycles. The number of carbonyl (C=O) groups excluding carboxylic acids is 1. The smallest absolute Gasteiger partial charge is 0.212 e. The van der Waals surface area contributed by atoms with Crippen LogP contribution < -0.4 is 5.32 Å². The van der Waals surface area contributed by atoms with Crippen LogP contribution in [0.3, 0.4) is 0 Å². The zero-order chi connectivity index (χ0) is 22.9. The summed E-state index contributed by atoms with van der Waals surface area (Å²) in [5, 5.41) is 23.4. The van der Waals surface area contributed by atoms with Crippen molar-refractivity contribution in [1.82, 2.24) is 4.98 Å². The molecule has 0 radical (unpaired) electrons. The number of aliphatic imine (C=N–C) groups is 1. The van der Waals surface area contributed by atoms with Crippen LogP contribution in [0.1, 0.15) is 52.1 Å². The number of aryl methyl sites for hydroxylation is 1. The molecule has 5 rings (SSSR count). The van der Waals surface area contributed by atoms with Gasteiger partial charge in [-0.15, -0.1) is 0 Å². The number of allylic oxidation sites excluding steroid dienone is 1. The molecule has 3 heterocycles. The molecule has 0 saturated heterocycles. The number of hydrogen-bond acceptors (Lipinski definition) is 7. The Morgan fingerprint density at radius 1 is 1.30 bits per heavy atom. The van der Waals surface area contributed by atoms with E-state index in [0.717, 1.165) is 47.2 Å². The third-order valence-electron chi connectivity index (χ3n) is 6.28. The number of hydrogen-bond donors (Lipinski definition) is 3. The van der Waals surface area contributed by atoms with Crippen molar-refractivity contribution in [2.45, 2.75) is 32.6 Å². The summed E-state index contributed by atoms with van der Waals surface area (Å²) in [5.41, 5.74) is 4.51. The molecule has 1 aliphatic carbocycles. The first-order chi connectivity index (χ1) is 16.0. The van der Waals surface area contributed by atoms with Gasteiger partial charge in [-0.2, -0.15) is 0 Å². The predicted molar refractivity (Wildman–Crippen MR) is 128 cm³/mol. The Balaban J connectivity index is 1.54. The molecule has 0 unspecified atom stereocenters. The molecular formula is C26H25N3O4. The van der Waals surface area contributed by atoms with Gasteiger partial charge in [-0.25, -0.2) is 9.98 Å². The van der Waals surface area contributed by atoms with Gasteiger partial charge in [-0.1, -0.05) is 18.6 Å². The van der Waals surface area contributed by atoms with E-state index in [2.05, 4.69) is 15.3 Å². The van der Waals surface area contributed by atoms with Crippen molar-refractivity contribution in [3.8, 4) is 5.75 Å². The lowest BCUT2D eigenvalue weighted by atomic mass is 9.80. The van der Waals surface area contributed by atoms with Gasteiger partial charge < -0.3 is 19.9 Å². The molecule has 168 valence electrons. The molecule has 1 saturated carbocycles. The van der Waals surface area contributed by atoms with Crippen molar-refractivity contribution >= 4 is 41.0 Å². The summed E-state index contributed by atoms with van der Waals surface area (Å²) in [6.45, 7) is 2.03. The number of benzene rings is 1. The number of Topliss-reactive ketones (excluding diaryl/α,β-unsaturated/α-hetero) is 1. The number of pyridine rings is 1. The average Bonchev–Trinajstić information content (AvgIpc) is 3.30. The first-order valence-electron chi connectivity index (χ1n) is 11.1. The number of aromatic hydroxyl groups is 1. The van der Waals surface area contributed by atoms with Crippen molar-refractivity contribution < 1.29 is 19.4 Å². The summed E-state index contributed by atoms with van der Waals surface area (Å²) in [5.74, 6) is 0.676. The number of rotatable bonds is 7. The largest absolute Gasteiger partial charge is 0.504 e. The first kappa shape index (κ1) is 21.2. The topological polar surface area (TPSA) is 108 Å². The Hall–Kier alpha value is -3.71. The minimum atomic E-state index is -0.165. The van der Waals surface area contributed by atoms with Gasteiger partial charge in [0, 0.05) is 41.8 Å². The van der Waals surface area contributed by atoms with Crippen molar-refractivity contribution in [1.29, 1.82) is 0 Å². The number of anilines is 2. The van der Waals surface area contributed by atoms with Crippen molar-refractivity contribution in [2.24, 2.45) is 10.9 Å². The molecule has 33 heavy (non-hydrogen) atoms. The number of nitrogens with zero attached hydrogens (tertiary/aromatic N) is 2. The third kappa shape index (κ3) is 3.96. The number of nitrogens with one attached hydrogen (secondary N) is 1. The maximum absolute atomic E-state index is 13.2. The highest BCUT2D eigenvalue weighted by Gasteiger charge is 2.34. The molecule has 1 aliphatic heterocycles. The number of fused-ring (bicyclic) bond motifs is 1. The molecule has 0 amide bonds. The van der Waals surface area contributed by atoms with Crippen LogP contribution in [0.2, 0.25) is 0 Å². The molecule has 3 aromatic rings. The van der Waals surface area contributed by atoms with E-state index in [-0.39, 0.29) is 41.3 Å². The maximum Gasteiger partial charge on any atom is 0.212 e. The SMILES string of the molecule is Cc1cc(CCO)ccc1Nc1oc(C=C2C=Nc3ncccc32)c(O)c1C(=O)C1CCC1. The second kappa shape index (κ2) is 8.67. The van der Waals surface area contributed by atoms with Gasteiger partial charge >= 0.3 is 0 Å². The Bertz CT molecular complexity index is 1280. The van der Waals surface area contributed by atoms with Gasteiger partial charge in [0.05, 0.1) is 0 Å². The molecule has 0 spiro atoms. The van der Waals surface area contributed by atoms with Gasteiger partial charge in [0.1, 0.15) is 5.56 Å². The average molecular weight is 444 g/mol. The van der Waals surface area contributed by atoms with E-state index in [0.29, 0.717) is 12.2 Å².